The number of halogens is 2. The molecule has 1 N–H and O–H groups in total. The largest absolute Gasteiger partial charge is 0.391 e. The second-order valence-electron chi connectivity index (χ2n) is 8.59. The number of rotatable bonds is 3. The molecule has 0 spiro atoms. The van der Waals surface area contributed by atoms with Gasteiger partial charge in [0.05, 0.1) is 28.2 Å². The van der Waals surface area contributed by atoms with Crippen LogP contribution in [0.25, 0.3) is 11.0 Å². The van der Waals surface area contributed by atoms with Crippen LogP contribution in [0.15, 0.2) is 42.5 Å². The Kier molecular flexibility index (Phi) is 4.85. The second-order valence-corrected chi connectivity index (χ2v) is 8.99. The van der Waals surface area contributed by atoms with Gasteiger partial charge in [0.1, 0.15) is 11.6 Å². The van der Waals surface area contributed by atoms with E-state index >= 15 is 0 Å². The molecule has 5 rings (SSSR count). The summed E-state index contributed by atoms with van der Waals surface area (Å²) in [5, 5.41) is 11.2. The summed E-state index contributed by atoms with van der Waals surface area (Å²) in [6.07, 6.45) is 1.39. The molecule has 29 heavy (non-hydrogen) atoms. The number of para-hydroxylation sites is 2. The highest BCUT2D eigenvalue weighted by Gasteiger charge is 2.42. The van der Waals surface area contributed by atoms with E-state index in [4.69, 9.17) is 16.6 Å². The first-order valence-corrected chi connectivity index (χ1v) is 10.7. The zero-order valence-corrected chi connectivity index (χ0v) is 17.2. The van der Waals surface area contributed by atoms with Gasteiger partial charge < -0.3 is 9.67 Å². The molecule has 0 unspecified atom stereocenters. The highest BCUT2D eigenvalue weighted by atomic mass is 35.5. The van der Waals surface area contributed by atoms with Gasteiger partial charge in [-0.05, 0) is 61.4 Å². The van der Waals surface area contributed by atoms with E-state index in [9.17, 15) is 9.50 Å². The highest BCUT2D eigenvalue weighted by Crippen LogP contribution is 2.43. The zero-order valence-electron chi connectivity index (χ0n) is 16.4. The number of aliphatic hydroxyl groups is 1. The molecule has 6 heteroatoms. The van der Waals surface area contributed by atoms with Gasteiger partial charge in [0.25, 0.3) is 0 Å². The van der Waals surface area contributed by atoms with Crippen molar-refractivity contribution in [3.63, 3.8) is 0 Å². The number of fused-ring (bicyclic) bond motifs is 2. The van der Waals surface area contributed by atoms with Crippen LogP contribution in [0.2, 0.25) is 5.02 Å². The molecule has 0 bridgehead atoms. The molecular weight excluding hydrogens is 389 g/mol. The number of aliphatic hydroxyl groups excluding tert-OH is 1. The third-order valence-electron chi connectivity index (χ3n) is 6.68. The van der Waals surface area contributed by atoms with Crippen molar-refractivity contribution in [3.8, 4) is 0 Å². The number of hydrogen-bond acceptors (Lipinski definition) is 3. The Labute approximate surface area is 174 Å². The predicted octanol–water partition coefficient (Wildman–Crippen LogP) is 4.58. The topological polar surface area (TPSA) is 41.3 Å². The first kappa shape index (κ1) is 19.0. The Hall–Kier alpha value is -1.95. The third kappa shape index (κ3) is 3.45. The summed E-state index contributed by atoms with van der Waals surface area (Å²) >= 11 is 5.94. The number of benzene rings is 2. The van der Waals surface area contributed by atoms with Crippen molar-refractivity contribution in [1.29, 1.82) is 0 Å². The Morgan fingerprint density at radius 2 is 1.90 bits per heavy atom. The van der Waals surface area contributed by atoms with E-state index in [0.717, 1.165) is 54.9 Å². The van der Waals surface area contributed by atoms with Crippen LogP contribution in [0.4, 0.5) is 4.39 Å². The van der Waals surface area contributed by atoms with Crippen molar-refractivity contribution in [1.82, 2.24) is 14.5 Å². The number of aryl methyl sites for hydroxylation is 1. The summed E-state index contributed by atoms with van der Waals surface area (Å²) < 4.78 is 15.7. The number of imidazole rings is 1. The lowest BCUT2D eigenvalue weighted by molar-refractivity contribution is 0.0366. The second kappa shape index (κ2) is 7.38. The van der Waals surface area contributed by atoms with Gasteiger partial charge in [-0.2, -0.15) is 0 Å². The van der Waals surface area contributed by atoms with Crippen LogP contribution in [0.3, 0.4) is 0 Å². The summed E-state index contributed by atoms with van der Waals surface area (Å²) in [6, 6.07) is 13.2. The predicted molar refractivity (Wildman–Crippen MR) is 112 cm³/mol. The van der Waals surface area contributed by atoms with Crippen molar-refractivity contribution in [2.75, 3.05) is 13.1 Å². The van der Waals surface area contributed by atoms with Gasteiger partial charge in [-0.1, -0.05) is 29.8 Å². The standard InChI is InChI=1S/C23H25ClFN3O/c1-14-26-20-4-2-3-5-21(20)28(14)22-9-16-12-27(13-17(16)10-23(22)29)11-15-6-7-19(25)18(24)8-15/h2-8,16-17,22-23,29H,9-13H2,1H3/t16-,17+,22-,23-/m0/s1. The van der Waals surface area contributed by atoms with Crippen LogP contribution in [0.1, 0.15) is 30.3 Å². The molecule has 3 aromatic rings. The molecule has 1 saturated heterocycles. The number of nitrogens with zero attached hydrogens (tertiary/aromatic N) is 3. The maximum atomic E-state index is 13.4. The molecule has 1 aromatic heterocycles. The molecule has 4 atom stereocenters. The van der Waals surface area contributed by atoms with E-state index in [2.05, 4.69) is 15.5 Å². The molecular formula is C23H25ClFN3O. The molecule has 2 aromatic carbocycles. The van der Waals surface area contributed by atoms with Crippen LogP contribution < -0.4 is 0 Å². The van der Waals surface area contributed by atoms with Crippen molar-refractivity contribution in [2.24, 2.45) is 11.8 Å². The molecule has 0 radical (unpaired) electrons. The highest BCUT2D eigenvalue weighted by molar-refractivity contribution is 6.30. The molecule has 2 fully saturated rings. The molecule has 4 nitrogen and oxygen atoms in total. The Morgan fingerprint density at radius 3 is 2.69 bits per heavy atom. The van der Waals surface area contributed by atoms with Crippen LogP contribution in [-0.4, -0.2) is 38.8 Å². The first-order chi connectivity index (χ1) is 14.0. The fourth-order valence-corrected chi connectivity index (χ4v) is 5.59. The van der Waals surface area contributed by atoms with Gasteiger partial charge >= 0.3 is 0 Å². The van der Waals surface area contributed by atoms with Gasteiger partial charge in [0, 0.05) is 19.6 Å². The van der Waals surface area contributed by atoms with Crippen LogP contribution in [0, 0.1) is 24.6 Å². The quantitative estimate of drug-likeness (QED) is 0.683. The minimum absolute atomic E-state index is 0.0591. The fourth-order valence-electron chi connectivity index (χ4n) is 5.39. The average molecular weight is 414 g/mol. The molecule has 1 aliphatic heterocycles. The minimum atomic E-state index is -0.376. The summed E-state index contributed by atoms with van der Waals surface area (Å²) in [7, 11) is 0. The van der Waals surface area contributed by atoms with Gasteiger partial charge in [-0.3, -0.25) is 4.90 Å². The smallest absolute Gasteiger partial charge is 0.141 e. The SMILES string of the molecule is Cc1nc2ccccc2n1[C@H]1C[C@H]2CN(Cc3ccc(F)c(Cl)c3)C[C@H]2C[C@@H]1O. The number of hydrogen-bond donors (Lipinski definition) is 1. The lowest BCUT2D eigenvalue weighted by atomic mass is 9.77. The maximum Gasteiger partial charge on any atom is 0.141 e. The molecule has 1 saturated carbocycles. The van der Waals surface area contributed by atoms with E-state index < -0.39 is 0 Å². The summed E-state index contributed by atoms with van der Waals surface area (Å²) in [4.78, 5) is 7.10. The molecule has 2 heterocycles. The third-order valence-corrected chi connectivity index (χ3v) is 6.97. The van der Waals surface area contributed by atoms with Gasteiger partial charge in [-0.15, -0.1) is 0 Å². The van der Waals surface area contributed by atoms with Crippen molar-refractivity contribution in [3.05, 3.63) is 64.7 Å². The van der Waals surface area contributed by atoms with Crippen molar-refractivity contribution in [2.45, 2.75) is 38.5 Å². The first-order valence-electron chi connectivity index (χ1n) is 10.3. The van der Waals surface area contributed by atoms with Gasteiger partial charge in [0.2, 0.25) is 0 Å². The van der Waals surface area contributed by atoms with Gasteiger partial charge in [0.15, 0.2) is 0 Å². The Balaban J connectivity index is 1.35. The average Bonchev–Trinajstić information content (AvgIpc) is 3.22. The van der Waals surface area contributed by atoms with Crippen LogP contribution in [0.5, 0.6) is 0 Å². The molecule has 2 aliphatic rings. The van der Waals surface area contributed by atoms with E-state index in [1.165, 1.54) is 6.07 Å². The molecule has 152 valence electrons. The lowest BCUT2D eigenvalue weighted by Gasteiger charge is -2.36. The maximum absolute atomic E-state index is 13.4. The zero-order chi connectivity index (χ0) is 20.1. The summed E-state index contributed by atoms with van der Waals surface area (Å²) in [5.41, 5.74) is 3.12. The molecule has 1 aliphatic carbocycles. The Morgan fingerprint density at radius 1 is 1.14 bits per heavy atom. The Bertz CT molecular complexity index is 1050. The molecule has 0 amide bonds. The van der Waals surface area contributed by atoms with Crippen LogP contribution in [-0.2, 0) is 6.54 Å². The van der Waals surface area contributed by atoms with Crippen LogP contribution >= 0.6 is 11.6 Å². The summed E-state index contributed by atoms with van der Waals surface area (Å²) in [6.45, 7) is 4.75. The van der Waals surface area contributed by atoms with E-state index in [1.807, 2.05) is 31.2 Å². The van der Waals surface area contributed by atoms with E-state index in [0.29, 0.717) is 11.8 Å². The van der Waals surface area contributed by atoms with Crippen molar-refractivity contribution < 1.29 is 9.50 Å². The van der Waals surface area contributed by atoms with Gasteiger partial charge in [-0.25, -0.2) is 9.37 Å². The number of aromatic nitrogens is 2. The summed E-state index contributed by atoms with van der Waals surface area (Å²) in [5.74, 6) is 1.62. The van der Waals surface area contributed by atoms with Crippen molar-refractivity contribution >= 4 is 22.6 Å². The van der Waals surface area contributed by atoms with E-state index in [-0.39, 0.29) is 23.0 Å². The van der Waals surface area contributed by atoms with E-state index in [1.54, 1.807) is 6.07 Å². The minimum Gasteiger partial charge on any atom is -0.391 e. The number of likely N-dealkylation sites (tertiary alicyclic amines) is 1. The fraction of sp³-hybridized carbons (Fsp3) is 0.435. The lowest BCUT2D eigenvalue weighted by Crippen LogP contribution is -2.36. The normalized spacial score (nSPS) is 27.4. The monoisotopic (exact) mass is 413 g/mol.